The van der Waals surface area contributed by atoms with Crippen LogP contribution in [0.4, 0.5) is 5.69 Å². The van der Waals surface area contributed by atoms with E-state index in [0.29, 0.717) is 0 Å². The number of hydrogen-bond acceptors (Lipinski definition) is 2. The number of carbonyl (C=O) groups excluding carboxylic acids is 1. The first-order valence-corrected chi connectivity index (χ1v) is 7.81. The molecule has 0 spiro atoms. The third kappa shape index (κ3) is 3.40. The van der Waals surface area contributed by atoms with Crippen LogP contribution in [-0.4, -0.2) is 19.0 Å². The molecule has 0 aliphatic carbocycles. The van der Waals surface area contributed by atoms with Crippen molar-refractivity contribution in [2.45, 2.75) is 46.0 Å². The van der Waals surface area contributed by atoms with Crippen LogP contribution in [0.2, 0.25) is 0 Å². The maximum atomic E-state index is 12.6. The summed E-state index contributed by atoms with van der Waals surface area (Å²) in [7, 11) is 0. The topological polar surface area (TPSA) is 41.1 Å². The summed E-state index contributed by atoms with van der Waals surface area (Å²) >= 11 is 0. The monoisotopic (exact) mass is 274 g/mol. The van der Waals surface area contributed by atoms with Gasteiger partial charge in [0.15, 0.2) is 0 Å². The number of rotatable bonds is 5. The van der Waals surface area contributed by atoms with Gasteiger partial charge in [-0.3, -0.25) is 4.79 Å². The lowest BCUT2D eigenvalue weighted by molar-refractivity contribution is -0.127. The lowest BCUT2D eigenvalue weighted by atomic mass is 9.76. The highest BCUT2D eigenvalue weighted by molar-refractivity contribution is 5.95. The van der Waals surface area contributed by atoms with Gasteiger partial charge in [-0.1, -0.05) is 32.4 Å². The summed E-state index contributed by atoms with van der Waals surface area (Å²) in [5.41, 5.74) is 2.06. The first kappa shape index (κ1) is 15.0. The third-order valence-electron chi connectivity index (χ3n) is 4.47. The first-order valence-electron chi connectivity index (χ1n) is 7.81. The Balaban J connectivity index is 2.02. The zero-order valence-electron chi connectivity index (χ0n) is 12.7. The number of nitrogens with one attached hydrogen (secondary N) is 2. The minimum absolute atomic E-state index is 0.185. The maximum absolute atomic E-state index is 12.6. The molecule has 1 aromatic carbocycles. The van der Waals surface area contributed by atoms with E-state index in [4.69, 9.17) is 0 Å². The van der Waals surface area contributed by atoms with Crippen molar-refractivity contribution in [3.63, 3.8) is 0 Å². The summed E-state index contributed by atoms with van der Waals surface area (Å²) in [6.45, 7) is 6.18. The molecule has 110 valence electrons. The zero-order chi connectivity index (χ0) is 14.4. The van der Waals surface area contributed by atoms with Crippen LogP contribution < -0.4 is 10.6 Å². The fourth-order valence-electron chi connectivity index (χ4n) is 2.95. The van der Waals surface area contributed by atoms with Crippen LogP contribution in [0.3, 0.4) is 0 Å². The average Bonchev–Trinajstić information content (AvgIpc) is 2.50. The molecule has 1 aliphatic rings. The maximum Gasteiger partial charge on any atom is 0.230 e. The molecule has 3 nitrogen and oxygen atoms in total. The van der Waals surface area contributed by atoms with Crippen LogP contribution in [0.25, 0.3) is 0 Å². The lowest BCUT2D eigenvalue weighted by Crippen LogP contribution is -2.44. The molecule has 1 aromatic rings. The minimum atomic E-state index is -0.187. The number of aryl methyl sites for hydroxylation is 1. The van der Waals surface area contributed by atoms with Crippen molar-refractivity contribution in [2.75, 3.05) is 18.4 Å². The summed E-state index contributed by atoms with van der Waals surface area (Å²) in [5, 5.41) is 6.44. The van der Waals surface area contributed by atoms with Gasteiger partial charge in [-0.05, 0) is 56.5 Å². The summed E-state index contributed by atoms with van der Waals surface area (Å²) in [6.07, 6.45) is 5.03. The molecular formula is C17H26N2O. The van der Waals surface area contributed by atoms with Crippen molar-refractivity contribution in [3.05, 3.63) is 29.8 Å². The summed E-state index contributed by atoms with van der Waals surface area (Å²) in [4.78, 5) is 12.6. The molecule has 0 unspecified atom stereocenters. The van der Waals surface area contributed by atoms with Crippen molar-refractivity contribution in [2.24, 2.45) is 5.41 Å². The van der Waals surface area contributed by atoms with Crippen LogP contribution in [0, 0.1) is 5.41 Å². The molecule has 1 heterocycles. The largest absolute Gasteiger partial charge is 0.326 e. The van der Waals surface area contributed by atoms with Gasteiger partial charge in [0.05, 0.1) is 5.41 Å². The highest BCUT2D eigenvalue weighted by Gasteiger charge is 2.37. The van der Waals surface area contributed by atoms with Crippen molar-refractivity contribution in [1.82, 2.24) is 5.32 Å². The fraction of sp³-hybridized carbons (Fsp3) is 0.588. The smallest absolute Gasteiger partial charge is 0.230 e. The molecule has 1 saturated heterocycles. The average molecular weight is 274 g/mol. The van der Waals surface area contributed by atoms with Gasteiger partial charge in [0.2, 0.25) is 5.91 Å². The Hall–Kier alpha value is -1.35. The van der Waals surface area contributed by atoms with Gasteiger partial charge in [0.1, 0.15) is 0 Å². The van der Waals surface area contributed by atoms with Crippen LogP contribution >= 0.6 is 0 Å². The van der Waals surface area contributed by atoms with Gasteiger partial charge in [-0.15, -0.1) is 0 Å². The standard InChI is InChI=1S/C17H26N2O/c1-3-5-14-6-8-15(9-7-14)19-16(20)17(4-2)10-12-18-13-11-17/h6-9,18H,3-5,10-13H2,1-2H3,(H,19,20). The molecule has 2 rings (SSSR count). The molecule has 1 aliphatic heterocycles. The summed E-state index contributed by atoms with van der Waals surface area (Å²) in [6, 6.07) is 8.26. The van der Waals surface area contributed by atoms with Gasteiger partial charge < -0.3 is 10.6 Å². The number of anilines is 1. The second-order valence-electron chi connectivity index (χ2n) is 5.78. The van der Waals surface area contributed by atoms with Gasteiger partial charge in [-0.25, -0.2) is 0 Å². The van der Waals surface area contributed by atoms with Gasteiger partial charge >= 0.3 is 0 Å². The predicted molar refractivity (Wildman–Crippen MR) is 83.9 cm³/mol. The molecule has 0 bridgehead atoms. The molecule has 0 saturated carbocycles. The van der Waals surface area contributed by atoms with E-state index in [1.165, 1.54) is 5.56 Å². The predicted octanol–water partition coefficient (Wildman–Crippen LogP) is 3.36. The van der Waals surface area contributed by atoms with Crippen molar-refractivity contribution < 1.29 is 4.79 Å². The molecule has 1 amide bonds. The molecule has 2 N–H and O–H groups in total. The molecule has 0 aromatic heterocycles. The van der Waals surface area contributed by atoms with E-state index >= 15 is 0 Å². The first-order chi connectivity index (χ1) is 9.70. The number of carbonyl (C=O) groups is 1. The van der Waals surface area contributed by atoms with E-state index in [9.17, 15) is 4.79 Å². The Bertz CT molecular complexity index is 433. The van der Waals surface area contributed by atoms with E-state index in [0.717, 1.165) is 50.9 Å². The van der Waals surface area contributed by atoms with E-state index < -0.39 is 0 Å². The number of hydrogen-bond donors (Lipinski definition) is 2. The van der Waals surface area contributed by atoms with Crippen molar-refractivity contribution in [3.8, 4) is 0 Å². The Morgan fingerprint density at radius 1 is 1.20 bits per heavy atom. The van der Waals surface area contributed by atoms with Crippen molar-refractivity contribution >= 4 is 11.6 Å². The lowest BCUT2D eigenvalue weighted by Gasteiger charge is -2.35. The molecule has 0 radical (unpaired) electrons. The number of piperidine rings is 1. The van der Waals surface area contributed by atoms with Crippen LogP contribution in [-0.2, 0) is 11.2 Å². The van der Waals surface area contributed by atoms with Crippen molar-refractivity contribution in [1.29, 1.82) is 0 Å². The zero-order valence-corrected chi connectivity index (χ0v) is 12.7. The Morgan fingerprint density at radius 2 is 1.85 bits per heavy atom. The molecule has 3 heteroatoms. The number of amides is 1. The molecule has 0 atom stereocenters. The second-order valence-corrected chi connectivity index (χ2v) is 5.78. The quantitative estimate of drug-likeness (QED) is 0.864. The Kier molecular flexibility index (Phi) is 5.18. The van der Waals surface area contributed by atoms with Crippen LogP contribution in [0.1, 0.15) is 45.1 Å². The fourth-order valence-corrected chi connectivity index (χ4v) is 2.95. The Labute approximate surface area is 122 Å². The SMILES string of the molecule is CCCc1ccc(NC(=O)C2(CC)CCNCC2)cc1. The van der Waals surface area contributed by atoms with Crippen LogP contribution in [0.5, 0.6) is 0 Å². The van der Waals surface area contributed by atoms with Crippen LogP contribution in [0.15, 0.2) is 24.3 Å². The second kappa shape index (κ2) is 6.89. The number of benzene rings is 1. The summed E-state index contributed by atoms with van der Waals surface area (Å²) in [5.74, 6) is 0.185. The van der Waals surface area contributed by atoms with E-state index in [1.807, 2.05) is 12.1 Å². The van der Waals surface area contributed by atoms with E-state index in [-0.39, 0.29) is 11.3 Å². The Morgan fingerprint density at radius 3 is 2.40 bits per heavy atom. The third-order valence-corrected chi connectivity index (χ3v) is 4.47. The van der Waals surface area contributed by atoms with E-state index in [1.54, 1.807) is 0 Å². The molecule has 20 heavy (non-hydrogen) atoms. The minimum Gasteiger partial charge on any atom is -0.326 e. The normalized spacial score (nSPS) is 17.7. The highest BCUT2D eigenvalue weighted by atomic mass is 16.2. The van der Waals surface area contributed by atoms with Gasteiger partial charge in [0.25, 0.3) is 0 Å². The van der Waals surface area contributed by atoms with E-state index in [2.05, 4.69) is 36.6 Å². The molecular weight excluding hydrogens is 248 g/mol. The molecule has 1 fully saturated rings. The summed E-state index contributed by atoms with van der Waals surface area (Å²) < 4.78 is 0. The van der Waals surface area contributed by atoms with Gasteiger partial charge in [0, 0.05) is 5.69 Å². The van der Waals surface area contributed by atoms with Gasteiger partial charge in [-0.2, -0.15) is 0 Å². The highest BCUT2D eigenvalue weighted by Crippen LogP contribution is 2.33.